The molecule has 0 amide bonds. The van der Waals surface area contributed by atoms with Crippen molar-refractivity contribution in [2.45, 2.75) is 6.42 Å². The molecule has 0 fully saturated rings. The molecule has 7 heteroatoms. The number of hydrogen-bond acceptors (Lipinski definition) is 5. The molecular formula is C19H16ClN5O. The van der Waals surface area contributed by atoms with Gasteiger partial charge in [0.2, 0.25) is 0 Å². The number of nitrogens with zero attached hydrogens (tertiary/aromatic N) is 4. The first-order chi connectivity index (χ1) is 12.7. The number of aromatic nitrogens is 4. The Kier molecular flexibility index (Phi) is 4.41. The van der Waals surface area contributed by atoms with E-state index in [2.05, 4.69) is 20.6 Å². The zero-order valence-corrected chi connectivity index (χ0v) is 14.8. The Hall–Kier alpha value is -3.12. The lowest BCUT2D eigenvalue weighted by Crippen LogP contribution is -2.03. The second kappa shape index (κ2) is 7.01. The summed E-state index contributed by atoms with van der Waals surface area (Å²) in [4.78, 5) is 0. The molecule has 6 nitrogen and oxygen atoms in total. The minimum absolute atomic E-state index is 0.624. The van der Waals surface area contributed by atoms with E-state index in [4.69, 9.17) is 16.3 Å². The Morgan fingerprint density at radius 2 is 1.88 bits per heavy atom. The van der Waals surface area contributed by atoms with E-state index < -0.39 is 0 Å². The molecule has 0 bridgehead atoms. The van der Waals surface area contributed by atoms with E-state index >= 15 is 0 Å². The summed E-state index contributed by atoms with van der Waals surface area (Å²) in [6, 6.07) is 19.1. The van der Waals surface area contributed by atoms with Crippen molar-refractivity contribution in [2.75, 3.05) is 12.4 Å². The minimum atomic E-state index is 0.624. The number of hydrogen-bond donors (Lipinski definition) is 1. The highest BCUT2D eigenvalue weighted by Crippen LogP contribution is 2.20. The van der Waals surface area contributed by atoms with Gasteiger partial charge in [-0.3, -0.25) is 0 Å². The van der Waals surface area contributed by atoms with Gasteiger partial charge in [0.05, 0.1) is 7.11 Å². The molecule has 0 aliphatic carbocycles. The summed E-state index contributed by atoms with van der Waals surface area (Å²) in [5.74, 6) is 2.28. The Bertz CT molecular complexity index is 1050. The summed E-state index contributed by atoms with van der Waals surface area (Å²) >= 11 is 6.03. The molecule has 0 aliphatic heterocycles. The van der Waals surface area contributed by atoms with Gasteiger partial charge in [-0.25, -0.2) is 0 Å². The number of anilines is 2. The smallest absolute Gasteiger partial charge is 0.178 e. The van der Waals surface area contributed by atoms with E-state index in [0.717, 1.165) is 22.8 Å². The van der Waals surface area contributed by atoms with E-state index in [9.17, 15) is 0 Å². The number of rotatable bonds is 5. The van der Waals surface area contributed by atoms with Gasteiger partial charge in [-0.1, -0.05) is 29.8 Å². The molecule has 4 rings (SSSR count). The average molecular weight is 366 g/mol. The predicted molar refractivity (Wildman–Crippen MR) is 101 cm³/mol. The van der Waals surface area contributed by atoms with Crippen LogP contribution >= 0.6 is 11.6 Å². The zero-order valence-electron chi connectivity index (χ0n) is 14.1. The van der Waals surface area contributed by atoms with Gasteiger partial charge < -0.3 is 10.1 Å². The fourth-order valence-corrected chi connectivity index (χ4v) is 2.84. The quantitative estimate of drug-likeness (QED) is 0.576. The lowest BCUT2D eigenvalue weighted by molar-refractivity contribution is 0.414. The van der Waals surface area contributed by atoms with Gasteiger partial charge in [0.15, 0.2) is 17.3 Å². The second-order valence-electron chi connectivity index (χ2n) is 5.77. The number of ether oxygens (including phenoxy) is 1. The fraction of sp³-hybridized carbons (Fsp3) is 0.105. The van der Waals surface area contributed by atoms with Crippen molar-refractivity contribution in [1.29, 1.82) is 0 Å². The molecule has 4 aromatic rings. The molecule has 2 aromatic carbocycles. The SMILES string of the molecule is COc1ccc(Cc2nnc3ccc(Nc4cccc(Cl)c4)nn23)cc1. The van der Waals surface area contributed by atoms with Crippen molar-refractivity contribution in [3.05, 3.63) is 77.1 Å². The summed E-state index contributed by atoms with van der Waals surface area (Å²) in [5.41, 5.74) is 2.68. The van der Waals surface area contributed by atoms with Crippen LogP contribution in [0.1, 0.15) is 11.4 Å². The molecule has 130 valence electrons. The molecule has 0 aliphatic rings. The number of benzene rings is 2. The molecule has 1 N–H and O–H groups in total. The van der Waals surface area contributed by atoms with Crippen molar-refractivity contribution < 1.29 is 4.74 Å². The average Bonchev–Trinajstić information content (AvgIpc) is 3.05. The number of halogens is 1. The standard InChI is InChI=1S/C19H16ClN5O/c1-26-16-7-5-13(6-8-16)11-19-23-22-18-10-9-17(24-25(18)19)21-15-4-2-3-14(20)12-15/h2-10,12H,11H2,1H3,(H,21,24). The number of fused-ring (bicyclic) bond motifs is 1. The summed E-state index contributed by atoms with van der Waals surface area (Å²) in [7, 11) is 1.65. The van der Waals surface area contributed by atoms with Gasteiger partial charge in [0.25, 0.3) is 0 Å². The van der Waals surface area contributed by atoms with Gasteiger partial charge in [0.1, 0.15) is 5.75 Å². The highest BCUT2D eigenvalue weighted by atomic mass is 35.5. The normalized spacial score (nSPS) is 10.8. The first kappa shape index (κ1) is 16.4. The van der Waals surface area contributed by atoms with Crippen molar-refractivity contribution >= 4 is 28.8 Å². The maximum atomic E-state index is 6.03. The first-order valence-corrected chi connectivity index (χ1v) is 8.46. The molecule has 26 heavy (non-hydrogen) atoms. The van der Waals surface area contributed by atoms with Gasteiger partial charge in [-0.15, -0.1) is 15.3 Å². The molecule has 2 aromatic heterocycles. The predicted octanol–water partition coefficient (Wildman–Crippen LogP) is 4.12. The monoisotopic (exact) mass is 365 g/mol. The van der Waals surface area contributed by atoms with E-state index in [1.807, 2.05) is 60.7 Å². The Morgan fingerprint density at radius 3 is 2.65 bits per heavy atom. The molecule has 0 unspecified atom stereocenters. The Morgan fingerprint density at radius 1 is 1.04 bits per heavy atom. The van der Waals surface area contributed by atoms with Crippen LogP contribution in [0.3, 0.4) is 0 Å². The van der Waals surface area contributed by atoms with Crippen LogP contribution in [0.4, 0.5) is 11.5 Å². The zero-order chi connectivity index (χ0) is 17.9. The lowest BCUT2D eigenvalue weighted by atomic mass is 10.1. The van der Waals surface area contributed by atoms with Crippen molar-refractivity contribution in [3.63, 3.8) is 0 Å². The number of methoxy groups -OCH3 is 1. The number of nitrogens with one attached hydrogen (secondary N) is 1. The lowest BCUT2D eigenvalue weighted by Gasteiger charge is -2.07. The molecule has 0 spiro atoms. The highest BCUT2D eigenvalue weighted by Gasteiger charge is 2.09. The van der Waals surface area contributed by atoms with Crippen LogP contribution < -0.4 is 10.1 Å². The van der Waals surface area contributed by atoms with E-state index in [-0.39, 0.29) is 0 Å². The molecule has 0 saturated carbocycles. The summed E-state index contributed by atoms with van der Waals surface area (Å²) in [6.07, 6.45) is 0.624. The molecule has 0 saturated heterocycles. The second-order valence-corrected chi connectivity index (χ2v) is 6.20. The van der Waals surface area contributed by atoms with Gasteiger partial charge in [-0.05, 0) is 48.0 Å². The fourth-order valence-electron chi connectivity index (χ4n) is 2.65. The van der Waals surface area contributed by atoms with Crippen LogP contribution in [0.25, 0.3) is 5.65 Å². The van der Waals surface area contributed by atoms with Crippen molar-refractivity contribution in [3.8, 4) is 5.75 Å². The van der Waals surface area contributed by atoms with E-state index in [1.54, 1.807) is 11.6 Å². The van der Waals surface area contributed by atoms with Gasteiger partial charge >= 0.3 is 0 Å². The largest absolute Gasteiger partial charge is 0.497 e. The van der Waals surface area contributed by atoms with E-state index in [1.165, 1.54) is 0 Å². The third-order valence-corrected chi connectivity index (χ3v) is 4.18. The van der Waals surface area contributed by atoms with E-state index in [0.29, 0.717) is 22.9 Å². The van der Waals surface area contributed by atoms with Crippen LogP contribution in [-0.2, 0) is 6.42 Å². The molecular weight excluding hydrogens is 350 g/mol. The minimum Gasteiger partial charge on any atom is -0.497 e. The molecule has 2 heterocycles. The maximum absolute atomic E-state index is 6.03. The third kappa shape index (κ3) is 3.45. The maximum Gasteiger partial charge on any atom is 0.178 e. The van der Waals surface area contributed by atoms with Crippen LogP contribution in [0.15, 0.2) is 60.7 Å². The van der Waals surface area contributed by atoms with Crippen LogP contribution in [0.2, 0.25) is 5.02 Å². The first-order valence-electron chi connectivity index (χ1n) is 8.08. The topological polar surface area (TPSA) is 64.3 Å². The van der Waals surface area contributed by atoms with Crippen LogP contribution in [0.5, 0.6) is 5.75 Å². The van der Waals surface area contributed by atoms with Crippen molar-refractivity contribution in [2.24, 2.45) is 0 Å². The summed E-state index contributed by atoms with van der Waals surface area (Å²) < 4.78 is 6.94. The van der Waals surface area contributed by atoms with Crippen LogP contribution in [0, 0.1) is 0 Å². The van der Waals surface area contributed by atoms with Crippen molar-refractivity contribution in [1.82, 2.24) is 19.8 Å². The summed E-state index contributed by atoms with van der Waals surface area (Å²) in [6.45, 7) is 0. The van der Waals surface area contributed by atoms with Gasteiger partial charge in [0, 0.05) is 17.1 Å². The molecule has 0 atom stereocenters. The van der Waals surface area contributed by atoms with Crippen LogP contribution in [-0.4, -0.2) is 26.9 Å². The Balaban J connectivity index is 1.61. The highest BCUT2D eigenvalue weighted by molar-refractivity contribution is 6.30. The van der Waals surface area contributed by atoms with Gasteiger partial charge in [-0.2, -0.15) is 4.52 Å². The third-order valence-electron chi connectivity index (χ3n) is 3.95. The Labute approximate surface area is 155 Å². The summed E-state index contributed by atoms with van der Waals surface area (Å²) in [5, 5.41) is 17.0. The molecule has 0 radical (unpaired) electrons.